The second-order valence-electron chi connectivity index (χ2n) is 14.8. The van der Waals surface area contributed by atoms with E-state index in [1.165, 1.54) is 22.8 Å². The average molecular weight is 982 g/mol. The summed E-state index contributed by atoms with van der Waals surface area (Å²) in [6.45, 7) is 16.5. The van der Waals surface area contributed by atoms with Crippen molar-refractivity contribution in [1.29, 1.82) is 0 Å². The van der Waals surface area contributed by atoms with Gasteiger partial charge in [0, 0.05) is 38.0 Å². The minimum Gasteiger partial charge on any atom is -0.505 e. The molecule has 0 atom stereocenters. The Hall–Kier alpha value is -6.29. The Bertz CT molecular complexity index is 2420. The van der Waals surface area contributed by atoms with Crippen LogP contribution in [0.25, 0.3) is 17.1 Å². The van der Waals surface area contributed by atoms with Crippen LogP contribution in [0, 0.1) is 37.9 Å². The van der Waals surface area contributed by atoms with E-state index >= 15 is 0 Å². The summed E-state index contributed by atoms with van der Waals surface area (Å²) in [4.78, 5) is 9.19. The molecule has 4 heterocycles. The van der Waals surface area contributed by atoms with Crippen LogP contribution in [0.5, 0.6) is 0 Å². The zero-order valence-electron chi connectivity index (χ0n) is 35.0. The number of anilines is 2. The number of aromatic nitrogens is 6. The minimum absolute atomic E-state index is 0. The number of allylic oxidation sites excluding steroid dienone is 4. The Morgan fingerprint density at radius 3 is 1.62 bits per heavy atom. The first kappa shape index (κ1) is 42.8. The molecule has 0 saturated carbocycles. The van der Waals surface area contributed by atoms with Gasteiger partial charge in [-0.3, -0.25) is 5.10 Å². The molecule has 1 radical (unpaired) electrons. The minimum atomic E-state index is 0. The summed E-state index contributed by atoms with van der Waals surface area (Å²) in [5, 5.41) is 13.3. The van der Waals surface area contributed by atoms with Crippen molar-refractivity contribution in [3.63, 3.8) is 0 Å². The van der Waals surface area contributed by atoms with Gasteiger partial charge in [-0.1, -0.05) is 90.8 Å². The van der Waals surface area contributed by atoms with Crippen molar-refractivity contribution in [3.8, 4) is 17.1 Å². The van der Waals surface area contributed by atoms with E-state index in [1.54, 1.807) is 9.36 Å². The van der Waals surface area contributed by atoms with Crippen molar-refractivity contribution in [2.45, 2.75) is 53.6 Å². The van der Waals surface area contributed by atoms with Gasteiger partial charge in [0.1, 0.15) is 12.2 Å². The molecule has 7 aromatic rings. The summed E-state index contributed by atoms with van der Waals surface area (Å²) in [5.41, 5.74) is 11.9. The van der Waals surface area contributed by atoms with Gasteiger partial charge in [0.2, 0.25) is 0 Å². The van der Waals surface area contributed by atoms with Crippen molar-refractivity contribution in [3.05, 3.63) is 211 Å². The summed E-state index contributed by atoms with van der Waals surface area (Å²) in [5.74, 6) is 0. The molecule has 2 aromatic heterocycles. The summed E-state index contributed by atoms with van der Waals surface area (Å²) in [7, 11) is 0. The molecule has 0 N–H and O–H groups in total. The maximum absolute atomic E-state index is 4.73. The maximum atomic E-state index is 4.73. The Morgan fingerprint density at radius 1 is 0.590 bits per heavy atom. The number of benzene rings is 5. The molecule has 2 aliphatic rings. The van der Waals surface area contributed by atoms with Gasteiger partial charge in [-0.2, -0.15) is 79.7 Å². The van der Waals surface area contributed by atoms with E-state index in [2.05, 4.69) is 144 Å². The summed E-state index contributed by atoms with van der Waals surface area (Å²) in [6, 6.07) is 53.2. The Labute approximate surface area is 374 Å². The van der Waals surface area contributed by atoms with Crippen LogP contribution in [0.1, 0.15) is 51.7 Å². The molecule has 0 aliphatic carbocycles. The van der Waals surface area contributed by atoms with E-state index in [4.69, 9.17) is 5.21 Å². The second kappa shape index (κ2) is 20.3. The third kappa shape index (κ3) is 10.4. The molecule has 2 aliphatic heterocycles. The normalized spacial score (nSPS) is 13.8. The third-order valence-corrected chi connectivity index (χ3v) is 10.8. The van der Waals surface area contributed by atoms with E-state index in [0.29, 0.717) is 18.8 Å². The van der Waals surface area contributed by atoms with Crippen molar-refractivity contribution in [2.24, 2.45) is 0 Å². The molecular weight excluding hydrogens is 933 g/mol. The second-order valence-corrected chi connectivity index (χ2v) is 14.8. The topological polar surface area (TPSA) is 65.4 Å². The Kier molecular flexibility index (Phi) is 14.3. The third-order valence-electron chi connectivity index (χ3n) is 10.8. The molecule has 0 amide bonds. The van der Waals surface area contributed by atoms with Crippen LogP contribution >= 0.6 is 0 Å². The monoisotopic (exact) mass is 982 g/mol. The van der Waals surface area contributed by atoms with E-state index < -0.39 is 0 Å². The van der Waals surface area contributed by atoms with Crippen molar-refractivity contribution >= 4 is 11.4 Å². The predicted molar refractivity (Wildman–Crippen MR) is 235 cm³/mol. The SMILES string of the molecule is CC1=C(C)N(c2[c-]cccc2)[CH-]N1CCCCN1[CH-]N(c2[c-]cccc2)C(C)=C1C.[Ir].[c-]1c(-c2[c-][n+](Cc3ccccc3)nn2-c2ccccc2)nnn1Cc1ccccc1. The molecule has 5 aromatic carbocycles. The molecular formula is C50H49IrN10-5. The zero-order valence-corrected chi connectivity index (χ0v) is 37.4. The van der Waals surface area contributed by atoms with Crippen molar-refractivity contribution in [1.82, 2.24) is 34.7 Å². The van der Waals surface area contributed by atoms with Crippen LogP contribution in [0.2, 0.25) is 0 Å². The maximum Gasteiger partial charge on any atom is 0.133 e. The fourth-order valence-corrected chi connectivity index (χ4v) is 7.23. The summed E-state index contributed by atoms with van der Waals surface area (Å²) >= 11 is 0. The fourth-order valence-electron chi connectivity index (χ4n) is 7.23. The molecule has 10 nitrogen and oxygen atoms in total. The van der Waals surface area contributed by atoms with Crippen LogP contribution in [0.4, 0.5) is 11.4 Å². The van der Waals surface area contributed by atoms with Gasteiger partial charge < -0.3 is 24.3 Å². The standard InChI is InChI=1S/C26H30N4.C24H19N6.Ir/c1-21-23(3)29(25-13-7-5-8-14-25)19-27(21)17-11-12-18-28-20-30(24(4)22(28)2)26-15-9-6-10-16-26;1-4-10-20(11-5-1)16-28-18-23(25-26-28)24-19-29(17-21-12-6-2-7-13-21)27-30(24)22-14-8-3-9-15-22;/h5-10,13,15,19-20H,11-12,17-18H2,1-4H3;1-15H,16-17H2;/q-4;-1;. The molecule has 313 valence electrons. The molecule has 61 heavy (non-hydrogen) atoms. The molecule has 0 spiro atoms. The molecule has 0 saturated heterocycles. The number of para-hydroxylation sites is 3. The first-order valence-corrected chi connectivity index (χ1v) is 20.4. The zero-order chi connectivity index (χ0) is 41.3. The molecule has 0 bridgehead atoms. The van der Waals surface area contributed by atoms with Gasteiger partial charge >= 0.3 is 0 Å². The number of hydrogen-bond donors (Lipinski definition) is 0. The largest absolute Gasteiger partial charge is 0.505 e. The summed E-state index contributed by atoms with van der Waals surface area (Å²) < 4.78 is 5.33. The number of hydrogen-bond acceptors (Lipinski definition) is 7. The van der Waals surface area contributed by atoms with E-state index in [9.17, 15) is 0 Å². The van der Waals surface area contributed by atoms with Gasteiger partial charge in [-0.15, -0.1) is 16.6 Å². The van der Waals surface area contributed by atoms with E-state index in [-0.39, 0.29) is 20.1 Å². The molecule has 11 heteroatoms. The predicted octanol–water partition coefficient (Wildman–Crippen LogP) is 8.87. The van der Waals surface area contributed by atoms with Gasteiger partial charge in [0.05, 0.1) is 5.21 Å². The number of rotatable bonds is 13. The number of unbranched alkanes of at least 4 members (excludes halogenated alkanes) is 1. The van der Waals surface area contributed by atoms with Crippen LogP contribution < -0.4 is 14.5 Å². The summed E-state index contributed by atoms with van der Waals surface area (Å²) in [6.07, 6.45) is 8.88. The Morgan fingerprint density at radius 2 is 1.10 bits per heavy atom. The van der Waals surface area contributed by atoms with E-state index in [1.807, 2.05) is 95.7 Å². The average Bonchev–Trinajstić information content (AvgIpc) is 4.07. The fraction of sp³-hybridized carbons (Fsp3) is 0.200. The van der Waals surface area contributed by atoms with Gasteiger partial charge in [0.25, 0.3) is 0 Å². The molecule has 0 fully saturated rings. The van der Waals surface area contributed by atoms with Crippen LogP contribution in [-0.4, -0.2) is 47.8 Å². The van der Waals surface area contributed by atoms with Crippen LogP contribution in [0.3, 0.4) is 0 Å². The smallest absolute Gasteiger partial charge is 0.133 e. The van der Waals surface area contributed by atoms with Gasteiger partial charge in [-0.25, -0.2) is 15.6 Å². The van der Waals surface area contributed by atoms with Crippen LogP contribution in [0.15, 0.2) is 162 Å². The van der Waals surface area contributed by atoms with Crippen LogP contribution in [-0.2, 0) is 33.2 Å². The first-order valence-electron chi connectivity index (χ1n) is 20.4. The Balaban J connectivity index is 0.000000181. The van der Waals surface area contributed by atoms with Gasteiger partial charge in [0.15, 0.2) is 0 Å². The van der Waals surface area contributed by atoms with Gasteiger partial charge in [-0.05, 0) is 88.3 Å². The number of nitrogens with zero attached hydrogens (tertiary/aromatic N) is 10. The van der Waals surface area contributed by atoms with Crippen molar-refractivity contribution < 1.29 is 24.8 Å². The molecule has 0 unspecified atom stereocenters. The van der Waals surface area contributed by atoms with Crippen molar-refractivity contribution in [2.75, 3.05) is 22.9 Å². The first-order chi connectivity index (χ1) is 29.4. The van der Waals surface area contributed by atoms with E-state index in [0.717, 1.165) is 59.8 Å². The molecule has 9 rings (SSSR count). The quantitative estimate of drug-likeness (QED) is 0.0651.